The minimum absolute atomic E-state index is 0.287. The van der Waals surface area contributed by atoms with Gasteiger partial charge in [-0.2, -0.15) is 0 Å². The molecule has 0 aliphatic carbocycles. The first kappa shape index (κ1) is 18.6. The van der Waals surface area contributed by atoms with Gasteiger partial charge in [0.1, 0.15) is 36.6 Å². The summed E-state index contributed by atoms with van der Waals surface area (Å²) in [6.07, 6.45) is -4.98. The summed E-state index contributed by atoms with van der Waals surface area (Å²) in [7, 11) is 1.53. The number of benzene rings is 2. The van der Waals surface area contributed by atoms with Crippen LogP contribution >= 0.6 is 0 Å². The first-order valence-electron chi connectivity index (χ1n) is 9.10. The molecule has 27 heavy (non-hydrogen) atoms. The van der Waals surface area contributed by atoms with E-state index in [1.165, 1.54) is 7.11 Å². The van der Waals surface area contributed by atoms with Crippen LogP contribution in [-0.4, -0.2) is 54.4 Å². The van der Waals surface area contributed by atoms with Gasteiger partial charge in [-0.1, -0.05) is 60.7 Å². The Kier molecular flexibility index (Phi) is 5.54. The van der Waals surface area contributed by atoms with Crippen molar-refractivity contribution in [1.29, 1.82) is 0 Å². The summed E-state index contributed by atoms with van der Waals surface area (Å²) in [5.74, 6) is 0. The molecule has 2 saturated heterocycles. The number of aliphatic hydroxyl groups excluding tert-OH is 2. The minimum atomic E-state index is -1.04. The lowest BCUT2D eigenvalue weighted by atomic mass is 9.89. The standard InChI is InChI=1S/C21H24O6/c1-24-20-17(23)19(16(22)13-8-4-2-5-9-13)26-15-12-25-21(27-18(15)20)14-10-6-3-7-11-14/h2-11,15-23H,12H2,1H3/t15-,16+,17-,18-,19+,20+,21-/m1/s1. The molecule has 0 amide bonds. The van der Waals surface area contributed by atoms with Crippen LogP contribution in [0.5, 0.6) is 0 Å². The van der Waals surface area contributed by atoms with Crippen molar-refractivity contribution in [3.63, 3.8) is 0 Å². The molecule has 2 aromatic carbocycles. The predicted octanol–water partition coefficient (Wildman–Crippen LogP) is 1.98. The quantitative estimate of drug-likeness (QED) is 0.855. The molecule has 2 fully saturated rings. The highest BCUT2D eigenvalue weighted by Crippen LogP contribution is 2.38. The molecule has 2 aromatic rings. The van der Waals surface area contributed by atoms with E-state index in [9.17, 15) is 10.2 Å². The van der Waals surface area contributed by atoms with Crippen molar-refractivity contribution >= 4 is 0 Å². The number of ether oxygens (including phenoxy) is 4. The first-order chi connectivity index (χ1) is 13.2. The molecular weight excluding hydrogens is 348 g/mol. The Morgan fingerprint density at radius 3 is 2.33 bits per heavy atom. The Labute approximate surface area is 158 Å². The highest BCUT2D eigenvalue weighted by molar-refractivity contribution is 5.20. The lowest BCUT2D eigenvalue weighted by molar-refractivity contribution is -0.338. The molecule has 0 radical (unpaired) electrons. The second kappa shape index (κ2) is 8.06. The van der Waals surface area contributed by atoms with Crippen LogP contribution in [0.1, 0.15) is 23.5 Å². The molecule has 4 rings (SSSR count). The molecule has 6 nitrogen and oxygen atoms in total. The summed E-state index contributed by atoms with van der Waals surface area (Å²) in [5.41, 5.74) is 1.57. The fraction of sp³-hybridized carbons (Fsp3) is 0.429. The van der Waals surface area contributed by atoms with Crippen molar-refractivity contribution in [2.75, 3.05) is 13.7 Å². The molecule has 2 aliphatic rings. The number of aliphatic hydroxyl groups is 2. The molecule has 0 unspecified atom stereocenters. The number of hydrogen-bond acceptors (Lipinski definition) is 6. The van der Waals surface area contributed by atoms with Gasteiger partial charge in [-0.15, -0.1) is 0 Å². The highest BCUT2D eigenvalue weighted by Gasteiger charge is 2.51. The molecule has 2 N–H and O–H groups in total. The third-order valence-electron chi connectivity index (χ3n) is 5.18. The molecular formula is C21H24O6. The second-order valence-electron chi connectivity index (χ2n) is 6.86. The summed E-state index contributed by atoms with van der Waals surface area (Å²) < 4.78 is 23.5. The Hall–Kier alpha value is -1.80. The zero-order valence-electron chi connectivity index (χ0n) is 15.0. The molecule has 0 spiro atoms. The van der Waals surface area contributed by atoms with Crippen LogP contribution in [0, 0.1) is 0 Å². The minimum Gasteiger partial charge on any atom is -0.387 e. The molecule has 7 atom stereocenters. The van der Waals surface area contributed by atoms with E-state index in [0.717, 1.165) is 5.56 Å². The maximum absolute atomic E-state index is 10.8. The maximum Gasteiger partial charge on any atom is 0.184 e. The number of fused-ring (bicyclic) bond motifs is 1. The Balaban J connectivity index is 1.53. The van der Waals surface area contributed by atoms with Gasteiger partial charge in [0.05, 0.1) is 6.61 Å². The van der Waals surface area contributed by atoms with Gasteiger partial charge in [0, 0.05) is 12.7 Å². The summed E-state index contributed by atoms with van der Waals surface area (Å²) in [6, 6.07) is 18.8. The van der Waals surface area contributed by atoms with E-state index in [-0.39, 0.29) is 6.61 Å². The van der Waals surface area contributed by atoms with Crippen molar-refractivity contribution in [2.45, 2.75) is 42.9 Å². The summed E-state index contributed by atoms with van der Waals surface area (Å²) in [5, 5.41) is 21.6. The topological polar surface area (TPSA) is 77.4 Å². The zero-order valence-corrected chi connectivity index (χ0v) is 15.0. The largest absolute Gasteiger partial charge is 0.387 e. The summed E-state index contributed by atoms with van der Waals surface area (Å²) in [6.45, 7) is 0.287. The number of hydrogen-bond donors (Lipinski definition) is 2. The van der Waals surface area contributed by atoms with Crippen molar-refractivity contribution in [3.8, 4) is 0 Å². The van der Waals surface area contributed by atoms with E-state index < -0.39 is 42.9 Å². The van der Waals surface area contributed by atoms with Gasteiger partial charge in [0.25, 0.3) is 0 Å². The Morgan fingerprint density at radius 1 is 1.00 bits per heavy atom. The Bertz CT molecular complexity index is 724. The van der Waals surface area contributed by atoms with E-state index in [4.69, 9.17) is 18.9 Å². The SMILES string of the molecule is CO[C@H]1[C@H](O)[C@H]([C@@H](O)c2ccccc2)O[C@@H]2CO[C@@H](c3ccccc3)O[C@@H]12. The Morgan fingerprint density at radius 2 is 1.67 bits per heavy atom. The van der Waals surface area contributed by atoms with Gasteiger partial charge in [-0.05, 0) is 5.56 Å². The maximum atomic E-state index is 10.8. The van der Waals surface area contributed by atoms with Crippen molar-refractivity contribution in [2.24, 2.45) is 0 Å². The van der Waals surface area contributed by atoms with E-state index in [2.05, 4.69) is 0 Å². The number of rotatable bonds is 4. The van der Waals surface area contributed by atoms with Gasteiger partial charge in [-0.3, -0.25) is 0 Å². The molecule has 2 aliphatic heterocycles. The van der Waals surface area contributed by atoms with Gasteiger partial charge >= 0.3 is 0 Å². The lowest BCUT2D eigenvalue weighted by Crippen LogP contribution is -2.63. The van der Waals surface area contributed by atoms with Crippen LogP contribution in [0.25, 0.3) is 0 Å². The summed E-state index contributed by atoms with van der Waals surface area (Å²) in [4.78, 5) is 0. The van der Waals surface area contributed by atoms with Gasteiger partial charge in [0.15, 0.2) is 6.29 Å². The third kappa shape index (κ3) is 3.65. The van der Waals surface area contributed by atoms with E-state index in [1.54, 1.807) is 12.1 Å². The van der Waals surface area contributed by atoms with E-state index >= 15 is 0 Å². The van der Waals surface area contributed by atoms with E-state index in [1.807, 2.05) is 48.5 Å². The van der Waals surface area contributed by atoms with Gasteiger partial charge < -0.3 is 29.2 Å². The monoisotopic (exact) mass is 372 g/mol. The molecule has 2 heterocycles. The average molecular weight is 372 g/mol. The smallest absolute Gasteiger partial charge is 0.184 e. The number of methoxy groups -OCH3 is 1. The van der Waals surface area contributed by atoms with Crippen molar-refractivity contribution in [3.05, 3.63) is 71.8 Å². The molecule has 6 heteroatoms. The van der Waals surface area contributed by atoms with Crippen LogP contribution in [0.3, 0.4) is 0 Å². The normalized spacial score (nSPS) is 34.6. The fourth-order valence-electron chi connectivity index (χ4n) is 3.78. The lowest BCUT2D eigenvalue weighted by Gasteiger charge is -2.48. The van der Waals surface area contributed by atoms with Crippen molar-refractivity contribution < 1.29 is 29.2 Å². The zero-order chi connectivity index (χ0) is 18.8. The van der Waals surface area contributed by atoms with Crippen LogP contribution in [0.4, 0.5) is 0 Å². The second-order valence-corrected chi connectivity index (χ2v) is 6.86. The molecule has 144 valence electrons. The average Bonchev–Trinajstić information content (AvgIpc) is 2.74. The van der Waals surface area contributed by atoms with Gasteiger partial charge in [0.2, 0.25) is 0 Å². The van der Waals surface area contributed by atoms with Gasteiger partial charge in [-0.25, -0.2) is 0 Å². The van der Waals surface area contributed by atoms with Crippen molar-refractivity contribution in [1.82, 2.24) is 0 Å². The van der Waals surface area contributed by atoms with Crippen LogP contribution in [0.15, 0.2) is 60.7 Å². The van der Waals surface area contributed by atoms with Crippen LogP contribution in [0.2, 0.25) is 0 Å². The van der Waals surface area contributed by atoms with Crippen LogP contribution < -0.4 is 0 Å². The van der Waals surface area contributed by atoms with Crippen LogP contribution in [-0.2, 0) is 18.9 Å². The first-order valence-corrected chi connectivity index (χ1v) is 9.10. The highest BCUT2D eigenvalue weighted by atomic mass is 16.7. The molecule has 0 saturated carbocycles. The van der Waals surface area contributed by atoms with E-state index in [0.29, 0.717) is 5.56 Å². The fourth-order valence-corrected chi connectivity index (χ4v) is 3.78. The molecule has 0 aromatic heterocycles. The summed E-state index contributed by atoms with van der Waals surface area (Å²) >= 11 is 0. The molecule has 0 bridgehead atoms. The third-order valence-corrected chi connectivity index (χ3v) is 5.18. The predicted molar refractivity (Wildman–Crippen MR) is 96.9 cm³/mol.